The summed E-state index contributed by atoms with van der Waals surface area (Å²) in [4.78, 5) is 13.1. The Hall–Kier alpha value is -1.79. The average Bonchev–Trinajstić information content (AvgIpc) is 3.39. The first-order valence-electron chi connectivity index (χ1n) is 29.6. The van der Waals surface area contributed by atoms with Crippen LogP contribution in [0.25, 0.3) is 0 Å². The second-order valence-electron chi connectivity index (χ2n) is 20.8. The summed E-state index contributed by atoms with van der Waals surface area (Å²) in [5, 5.41) is 72.3. The van der Waals surface area contributed by atoms with Crippen LogP contribution in [-0.2, 0) is 33.2 Å². The Morgan fingerprint density at radius 3 is 1.40 bits per heavy atom. The van der Waals surface area contributed by atoms with E-state index in [1.807, 2.05) is 0 Å². The number of hydrogen-bond acceptors (Lipinski definition) is 14. The van der Waals surface area contributed by atoms with Crippen LogP contribution in [0.1, 0.15) is 232 Å². The monoisotopic (exact) mass is 1040 g/mol. The Morgan fingerprint density at radius 2 is 0.890 bits per heavy atom. The normalized spacial score (nSPS) is 25.2. The molecule has 2 fully saturated rings. The lowest BCUT2D eigenvalue weighted by molar-refractivity contribution is -0.332. The van der Waals surface area contributed by atoms with Crippen LogP contribution in [-0.4, -0.2) is 142 Å². The van der Waals surface area contributed by atoms with Crippen molar-refractivity contribution in [2.75, 3.05) is 33.0 Å². The highest BCUT2D eigenvalue weighted by Gasteiger charge is 2.47. The molecule has 14 nitrogen and oxygen atoms in total. The Morgan fingerprint density at radius 1 is 0.466 bits per heavy atom. The Balaban J connectivity index is 1.67. The van der Waals surface area contributed by atoms with Crippen LogP contribution < -0.4 is 0 Å². The number of carbonyl (C=O) groups is 1. The van der Waals surface area contributed by atoms with Gasteiger partial charge in [-0.2, -0.15) is 0 Å². The van der Waals surface area contributed by atoms with Crippen molar-refractivity contribution in [1.29, 1.82) is 0 Å². The van der Waals surface area contributed by atoms with Gasteiger partial charge >= 0.3 is 5.97 Å². The fourth-order valence-electron chi connectivity index (χ4n) is 9.42. The van der Waals surface area contributed by atoms with E-state index in [4.69, 9.17) is 28.4 Å². The summed E-state index contributed by atoms with van der Waals surface area (Å²) in [6.07, 6.45) is 38.0. The largest absolute Gasteiger partial charge is 0.457 e. The molecule has 11 atom stereocenters. The molecule has 0 aliphatic carbocycles. The summed E-state index contributed by atoms with van der Waals surface area (Å²) < 4.78 is 34.3. The zero-order valence-corrected chi connectivity index (χ0v) is 45.9. The maximum atomic E-state index is 13.1. The van der Waals surface area contributed by atoms with Crippen LogP contribution in [0.4, 0.5) is 0 Å². The second-order valence-corrected chi connectivity index (χ2v) is 20.8. The first-order valence-corrected chi connectivity index (χ1v) is 29.6. The lowest BCUT2D eigenvalue weighted by atomic mass is 9.98. The van der Waals surface area contributed by atoms with E-state index in [0.29, 0.717) is 13.0 Å². The van der Waals surface area contributed by atoms with Crippen LogP contribution in [0, 0.1) is 0 Å². The Bertz CT molecular complexity index is 1350. The third-order valence-electron chi connectivity index (χ3n) is 14.2. The summed E-state index contributed by atoms with van der Waals surface area (Å²) in [6, 6.07) is 0. The minimum atomic E-state index is -1.71. The highest BCUT2D eigenvalue weighted by Crippen LogP contribution is 2.27. The van der Waals surface area contributed by atoms with Crippen LogP contribution in [0.2, 0.25) is 0 Å². The molecule has 0 amide bonds. The second kappa shape index (κ2) is 46.3. The summed E-state index contributed by atoms with van der Waals surface area (Å²) in [7, 11) is 0. The molecule has 0 saturated carbocycles. The summed E-state index contributed by atoms with van der Waals surface area (Å²) in [6.45, 7) is 3.56. The van der Waals surface area contributed by atoms with Crippen LogP contribution in [0.3, 0.4) is 0 Å². The summed E-state index contributed by atoms with van der Waals surface area (Å²) >= 11 is 0. The van der Waals surface area contributed by atoms with Gasteiger partial charge in [0.2, 0.25) is 0 Å². The first-order chi connectivity index (χ1) is 35.6. The SMILES string of the molecule is CC/C=C\C/C=C\C/C=C\CCCCCCOCC(COC1OC(COC2OC(CO)C(O)C(O)C2O)C(O)C(O)C1O)OC(=O)CCCCCCCCCCCCCCCCCCCCCCCCCCC. The molecule has 14 heteroatoms. The van der Waals surface area contributed by atoms with E-state index in [1.54, 1.807) is 0 Å². The quantitative estimate of drug-likeness (QED) is 0.0172. The van der Waals surface area contributed by atoms with Gasteiger partial charge in [-0.05, 0) is 44.9 Å². The Kier molecular flexibility index (Phi) is 42.7. The van der Waals surface area contributed by atoms with Gasteiger partial charge in [-0.3, -0.25) is 4.79 Å². The molecule has 2 saturated heterocycles. The van der Waals surface area contributed by atoms with Crippen molar-refractivity contribution < 1.29 is 69.0 Å². The van der Waals surface area contributed by atoms with Gasteiger partial charge in [0.25, 0.3) is 0 Å². The minimum Gasteiger partial charge on any atom is -0.457 e. The van der Waals surface area contributed by atoms with Gasteiger partial charge in [0.1, 0.15) is 54.9 Å². The van der Waals surface area contributed by atoms with E-state index >= 15 is 0 Å². The number of hydrogen-bond donors (Lipinski definition) is 7. The van der Waals surface area contributed by atoms with E-state index in [1.165, 1.54) is 135 Å². The number of carbonyl (C=O) groups excluding carboxylic acids is 1. The molecule has 0 radical (unpaired) electrons. The maximum Gasteiger partial charge on any atom is 0.306 e. The fraction of sp³-hybridized carbons (Fsp3) is 0.881. The third-order valence-corrected chi connectivity index (χ3v) is 14.2. The van der Waals surface area contributed by atoms with E-state index in [2.05, 4.69) is 50.3 Å². The summed E-state index contributed by atoms with van der Waals surface area (Å²) in [5.41, 5.74) is 0. The van der Waals surface area contributed by atoms with Gasteiger partial charge in [0, 0.05) is 13.0 Å². The number of rotatable bonds is 48. The molecule has 0 aromatic carbocycles. The lowest BCUT2D eigenvalue weighted by Gasteiger charge is -2.42. The van der Waals surface area contributed by atoms with Gasteiger partial charge in [-0.15, -0.1) is 0 Å². The summed E-state index contributed by atoms with van der Waals surface area (Å²) in [5.74, 6) is -0.380. The number of aliphatic hydroxyl groups is 7. The zero-order valence-electron chi connectivity index (χ0n) is 45.9. The average molecular weight is 1040 g/mol. The molecule has 0 aromatic rings. The van der Waals surface area contributed by atoms with E-state index in [-0.39, 0.29) is 25.6 Å². The van der Waals surface area contributed by atoms with Gasteiger partial charge in [-0.25, -0.2) is 0 Å². The smallest absolute Gasteiger partial charge is 0.306 e. The molecule has 2 rings (SSSR count). The van der Waals surface area contributed by atoms with E-state index in [9.17, 15) is 40.5 Å². The molecule has 2 aliphatic rings. The zero-order chi connectivity index (χ0) is 53.0. The topological polar surface area (TPSA) is 214 Å². The minimum absolute atomic E-state index is 0.0490. The molecule has 0 spiro atoms. The molecule has 0 bridgehead atoms. The third kappa shape index (κ3) is 33.2. The van der Waals surface area contributed by atoms with E-state index < -0.39 is 80.7 Å². The van der Waals surface area contributed by atoms with Gasteiger partial charge < -0.3 is 64.2 Å². The van der Waals surface area contributed by atoms with Crippen LogP contribution >= 0.6 is 0 Å². The van der Waals surface area contributed by atoms with Crippen molar-refractivity contribution in [2.45, 2.75) is 300 Å². The standard InChI is InChI=1S/C59H108O14/c1-3-5-7-9-11-13-15-17-19-20-21-22-23-24-25-26-27-28-29-30-32-34-36-38-40-42-51(61)71-48(45-68-43-41-39-37-35-33-31-18-16-14-12-10-8-6-4-2)46-69-58-57(67)55(65)53(63)50(73-58)47-70-59-56(66)54(64)52(62)49(44-60)72-59/h6,8,12,14,18,31,48-50,52-60,62-67H,3-5,7,9-11,13,15-17,19-30,32-47H2,1-2H3/b8-6-,14-12-,31-18-. The molecule has 7 N–H and O–H groups in total. The van der Waals surface area contributed by atoms with Crippen molar-refractivity contribution in [1.82, 2.24) is 0 Å². The molecule has 428 valence electrons. The predicted molar refractivity (Wildman–Crippen MR) is 289 cm³/mol. The molecular weight excluding hydrogens is 933 g/mol. The van der Waals surface area contributed by atoms with Gasteiger partial charge in [0.15, 0.2) is 12.6 Å². The molecule has 11 unspecified atom stereocenters. The molecule has 73 heavy (non-hydrogen) atoms. The number of unbranched alkanes of at least 4 members (excludes halogenated alkanes) is 28. The van der Waals surface area contributed by atoms with Gasteiger partial charge in [0.05, 0.1) is 26.4 Å². The van der Waals surface area contributed by atoms with Crippen molar-refractivity contribution >= 4 is 5.97 Å². The van der Waals surface area contributed by atoms with E-state index in [0.717, 1.165) is 70.6 Å². The highest BCUT2D eigenvalue weighted by molar-refractivity contribution is 5.69. The first kappa shape index (κ1) is 67.3. The lowest BCUT2D eigenvalue weighted by Crippen LogP contribution is -2.61. The Labute approximate surface area is 442 Å². The van der Waals surface area contributed by atoms with Crippen molar-refractivity contribution in [3.8, 4) is 0 Å². The molecule has 2 heterocycles. The number of esters is 1. The van der Waals surface area contributed by atoms with Crippen LogP contribution in [0.15, 0.2) is 36.5 Å². The highest BCUT2D eigenvalue weighted by atomic mass is 16.7. The molecule has 0 aromatic heterocycles. The number of allylic oxidation sites excluding steroid dienone is 6. The van der Waals surface area contributed by atoms with Gasteiger partial charge in [-0.1, -0.05) is 217 Å². The maximum absolute atomic E-state index is 13.1. The van der Waals surface area contributed by atoms with Crippen LogP contribution in [0.5, 0.6) is 0 Å². The fourth-order valence-corrected chi connectivity index (χ4v) is 9.42. The van der Waals surface area contributed by atoms with Crippen molar-refractivity contribution in [2.24, 2.45) is 0 Å². The van der Waals surface area contributed by atoms with Crippen molar-refractivity contribution in [3.05, 3.63) is 36.5 Å². The predicted octanol–water partition coefficient (Wildman–Crippen LogP) is 10.5. The molecular formula is C59H108O14. The number of ether oxygens (including phenoxy) is 6. The number of aliphatic hydroxyl groups excluding tert-OH is 7. The van der Waals surface area contributed by atoms with Crippen molar-refractivity contribution in [3.63, 3.8) is 0 Å². The molecule has 2 aliphatic heterocycles.